The highest BCUT2D eigenvalue weighted by Crippen LogP contribution is 2.46. The van der Waals surface area contributed by atoms with Gasteiger partial charge in [-0.05, 0) is 30.5 Å². The van der Waals surface area contributed by atoms with Crippen molar-refractivity contribution in [1.29, 1.82) is 0 Å². The Kier molecular flexibility index (Phi) is 3.80. The molecular formula is C16H13ClF3NO2. The van der Waals surface area contributed by atoms with Gasteiger partial charge in [-0.1, -0.05) is 30.3 Å². The van der Waals surface area contributed by atoms with Crippen LogP contribution in [0.2, 0.25) is 0 Å². The van der Waals surface area contributed by atoms with Gasteiger partial charge in [0.05, 0.1) is 16.2 Å². The van der Waals surface area contributed by atoms with Gasteiger partial charge in [0.25, 0.3) is 0 Å². The van der Waals surface area contributed by atoms with Crippen molar-refractivity contribution in [3.05, 3.63) is 42.2 Å². The smallest absolute Gasteiger partial charge is 0.416 e. The molecule has 122 valence electrons. The Morgan fingerprint density at radius 2 is 2.04 bits per heavy atom. The molecule has 0 unspecified atom stereocenters. The first-order valence-corrected chi connectivity index (χ1v) is 7.30. The van der Waals surface area contributed by atoms with Gasteiger partial charge >= 0.3 is 6.18 Å². The van der Waals surface area contributed by atoms with Crippen LogP contribution in [0.1, 0.15) is 24.2 Å². The van der Waals surface area contributed by atoms with E-state index in [1.165, 1.54) is 12.1 Å². The van der Waals surface area contributed by atoms with Gasteiger partial charge in [-0.3, -0.25) is 0 Å². The molecule has 1 saturated carbocycles. The maximum Gasteiger partial charge on any atom is 0.416 e. The maximum atomic E-state index is 12.9. The average Bonchev–Trinajstić information content (AvgIpc) is 3.21. The van der Waals surface area contributed by atoms with Gasteiger partial charge in [-0.25, -0.2) is 0 Å². The first kappa shape index (κ1) is 15.8. The number of aromatic hydroxyl groups is 1. The first-order valence-electron chi connectivity index (χ1n) is 6.92. The third-order valence-electron chi connectivity index (χ3n) is 3.52. The van der Waals surface area contributed by atoms with Crippen LogP contribution in [0.3, 0.4) is 0 Å². The molecule has 0 saturated heterocycles. The summed E-state index contributed by atoms with van der Waals surface area (Å²) >= 11 is 5.78. The highest BCUT2D eigenvalue weighted by molar-refractivity contribution is 6.48. The molecule has 1 heterocycles. The Labute approximate surface area is 135 Å². The lowest BCUT2D eigenvalue weighted by molar-refractivity contribution is -0.137. The molecule has 1 aliphatic carbocycles. The fraction of sp³-hybridized carbons (Fsp3) is 0.250. The minimum absolute atomic E-state index is 0.0282. The predicted octanol–water partition coefficient (Wildman–Crippen LogP) is 5.45. The van der Waals surface area contributed by atoms with E-state index in [1.807, 2.05) is 0 Å². The first-order chi connectivity index (χ1) is 10.8. The highest BCUT2D eigenvalue weighted by atomic mass is 35.5. The molecule has 0 atom stereocenters. The van der Waals surface area contributed by atoms with Crippen LogP contribution in [-0.2, 0) is 6.18 Å². The Balaban J connectivity index is 2.12. The summed E-state index contributed by atoms with van der Waals surface area (Å²) in [6.07, 6.45) is -2.61. The molecule has 1 aromatic heterocycles. The van der Waals surface area contributed by atoms with E-state index < -0.39 is 11.7 Å². The molecule has 2 aromatic rings. The largest absolute Gasteiger partial charge is 0.504 e. The number of hydrogen-bond acceptors (Lipinski definition) is 3. The van der Waals surface area contributed by atoms with E-state index in [2.05, 4.69) is 11.9 Å². The van der Waals surface area contributed by atoms with Crippen molar-refractivity contribution < 1.29 is 22.7 Å². The minimum atomic E-state index is -4.47. The van der Waals surface area contributed by atoms with Crippen LogP contribution in [-0.4, -0.2) is 11.1 Å². The average molecular weight is 344 g/mol. The molecule has 0 amide bonds. The molecule has 3 nitrogen and oxygen atoms in total. The topological polar surface area (TPSA) is 45.4 Å². The van der Waals surface area contributed by atoms with Gasteiger partial charge in [0, 0.05) is 6.04 Å². The number of halogens is 4. The van der Waals surface area contributed by atoms with Crippen molar-refractivity contribution in [2.45, 2.75) is 25.1 Å². The van der Waals surface area contributed by atoms with Gasteiger partial charge in [-0.15, -0.1) is 0 Å². The molecule has 3 rings (SSSR count). The summed E-state index contributed by atoms with van der Waals surface area (Å²) in [6.45, 7) is 3.49. The molecule has 7 heteroatoms. The Bertz CT molecular complexity index is 763. The van der Waals surface area contributed by atoms with E-state index in [4.69, 9.17) is 16.0 Å². The number of benzene rings is 1. The minimum Gasteiger partial charge on any atom is -0.504 e. The number of nitrogens with one attached hydrogen (secondary N) is 1. The molecule has 0 bridgehead atoms. The van der Waals surface area contributed by atoms with E-state index in [9.17, 15) is 18.3 Å². The highest BCUT2D eigenvalue weighted by Gasteiger charge is 2.32. The van der Waals surface area contributed by atoms with Crippen LogP contribution in [0.15, 0.2) is 35.3 Å². The molecule has 1 aliphatic rings. The lowest BCUT2D eigenvalue weighted by Gasteiger charge is -2.09. The molecule has 1 fully saturated rings. The summed E-state index contributed by atoms with van der Waals surface area (Å²) in [5.74, 6) is -0.184. The molecule has 0 spiro atoms. The summed E-state index contributed by atoms with van der Waals surface area (Å²) < 4.78 is 44.2. The summed E-state index contributed by atoms with van der Waals surface area (Å²) in [4.78, 5) is 0. The van der Waals surface area contributed by atoms with Crippen molar-refractivity contribution in [3.8, 4) is 16.9 Å². The van der Waals surface area contributed by atoms with Crippen molar-refractivity contribution >= 4 is 22.5 Å². The van der Waals surface area contributed by atoms with Crippen LogP contribution in [0.5, 0.6) is 5.75 Å². The van der Waals surface area contributed by atoms with Crippen molar-refractivity contribution in [1.82, 2.24) is 0 Å². The van der Waals surface area contributed by atoms with Crippen LogP contribution >= 0.6 is 11.6 Å². The summed E-state index contributed by atoms with van der Waals surface area (Å²) in [6, 6.07) is 4.86. The van der Waals surface area contributed by atoms with Gasteiger partial charge in [0.1, 0.15) is 0 Å². The van der Waals surface area contributed by atoms with Gasteiger partial charge in [-0.2, -0.15) is 13.2 Å². The summed E-state index contributed by atoms with van der Waals surface area (Å²) in [7, 11) is 0. The standard InChI is InChI=1S/C16H13ClF3NO2/c1-8(17)14-13(22)12(15(23-14)21-11-5-6-11)9-3-2-4-10(7-9)16(18,19)20/h2-4,7,11,21-22H,1,5-6H2. The monoisotopic (exact) mass is 343 g/mol. The van der Waals surface area contributed by atoms with Crippen LogP contribution < -0.4 is 5.32 Å². The van der Waals surface area contributed by atoms with E-state index >= 15 is 0 Å². The second-order valence-electron chi connectivity index (χ2n) is 5.39. The van der Waals surface area contributed by atoms with E-state index in [-0.39, 0.29) is 39.6 Å². The third-order valence-corrected chi connectivity index (χ3v) is 3.69. The number of furan rings is 1. The lowest BCUT2D eigenvalue weighted by Crippen LogP contribution is -2.05. The fourth-order valence-electron chi connectivity index (χ4n) is 2.24. The van der Waals surface area contributed by atoms with Crippen LogP contribution in [0.25, 0.3) is 16.2 Å². The number of anilines is 1. The molecule has 1 aromatic carbocycles. The SMILES string of the molecule is C=C(Cl)c1oc(NC2CC2)c(-c2cccc(C(F)(F)F)c2)c1O. The molecule has 2 N–H and O–H groups in total. The van der Waals surface area contributed by atoms with Gasteiger partial charge in [0.2, 0.25) is 5.88 Å². The molecule has 23 heavy (non-hydrogen) atoms. The fourth-order valence-corrected chi connectivity index (χ4v) is 2.37. The zero-order chi connectivity index (χ0) is 16.8. The Hall–Kier alpha value is -2.08. The zero-order valence-corrected chi connectivity index (χ0v) is 12.6. The predicted molar refractivity (Wildman–Crippen MR) is 82.3 cm³/mol. The van der Waals surface area contributed by atoms with Gasteiger partial charge < -0.3 is 14.8 Å². The maximum absolute atomic E-state index is 12.9. The summed E-state index contributed by atoms with van der Waals surface area (Å²) in [5.41, 5.74) is -0.465. The van der Waals surface area contributed by atoms with Crippen LogP contribution in [0.4, 0.5) is 19.1 Å². The normalized spacial score (nSPS) is 14.8. The quantitative estimate of drug-likeness (QED) is 0.775. The third kappa shape index (κ3) is 3.17. The van der Waals surface area contributed by atoms with Gasteiger partial charge in [0.15, 0.2) is 11.5 Å². The van der Waals surface area contributed by atoms with E-state index in [0.717, 1.165) is 25.0 Å². The number of hydrogen-bond donors (Lipinski definition) is 2. The number of rotatable bonds is 4. The Morgan fingerprint density at radius 3 is 2.61 bits per heavy atom. The molecule has 0 radical (unpaired) electrons. The van der Waals surface area contributed by atoms with E-state index in [0.29, 0.717) is 0 Å². The van der Waals surface area contributed by atoms with Crippen molar-refractivity contribution in [2.24, 2.45) is 0 Å². The second-order valence-corrected chi connectivity index (χ2v) is 5.84. The van der Waals surface area contributed by atoms with Crippen molar-refractivity contribution in [2.75, 3.05) is 5.32 Å². The Morgan fingerprint density at radius 1 is 1.35 bits per heavy atom. The number of alkyl halides is 3. The second kappa shape index (κ2) is 5.53. The lowest BCUT2D eigenvalue weighted by atomic mass is 10.0. The molecule has 0 aliphatic heterocycles. The summed E-state index contributed by atoms with van der Waals surface area (Å²) in [5, 5.41) is 13.3. The van der Waals surface area contributed by atoms with E-state index in [1.54, 1.807) is 0 Å². The zero-order valence-electron chi connectivity index (χ0n) is 11.9. The van der Waals surface area contributed by atoms with Crippen LogP contribution in [0, 0.1) is 0 Å². The molecular weight excluding hydrogens is 331 g/mol. The van der Waals surface area contributed by atoms with Crippen molar-refractivity contribution in [3.63, 3.8) is 0 Å².